The van der Waals surface area contributed by atoms with E-state index >= 15 is 0 Å². The molecule has 128 valence electrons. The Kier molecular flexibility index (Phi) is 4.15. The van der Waals surface area contributed by atoms with Crippen molar-refractivity contribution in [2.45, 2.75) is 13.5 Å². The van der Waals surface area contributed by atoms with Crippen LogP contribution in [0.25, 0.3) is 10.2 Å². The van der Waals surface area contributed by atoms with Crippen LogP contribution in [0, 0.1) is 6.92 Å². The first-order valence-electron chi connectivity index (χ1n) is 7.87. The summed E-state index contributed by atoms with van der Waals surface area (Å²) in [5, 5.41) is 0.598. The summed E-state index contributed by atoms with van der Waals surface area (Å²) in [6.07, 6.45) is 2.94. The Hall–Kier alpha value is -2.80. The van der Waals surface area contributed by atoms with Crippen molar-refractivity contribution < 1.29 is 18.7 Å². The molecule has 6 nitrogen and oxygen atoms in total. The number of para-hydroxylation sites is 1. The number of aromatic nitrogens is 1. The van der Waals surface area contributed by atoms with Gasteiger partial charge >= 0.3 is 0 Å². The molecule has 25 heavy (non-hydrogen) atoms. The molecule has 1 aliphatic heterocycles. The maximum absolute atomic E-state index is 13.0. The molecule has 0 aliphatic carbocycles. The number of nitrogens with zero attached hydrogens (tertiary/aromatic N) is 2. The summed E-state index contributed by atoms with van der Waals surface area (Å²) < 4.78 is 17.1. The number of ether oxygens (including phenoxy) is 2. The van der Waals surface area contributed by atoms with Gasteiger partial charge < -0.3 is 13.9 Å². The third kappa shape index (κ3) is 3.10. The van der Waals surface area contributed by atoms with Crippen LogP contribution in [0.3, 0.4) is 0 Å². The Labute approximate surface area is 148 Å². The van der Waals surface area contributed by atoms with E-state index in [-0.39, 0.29) is 18.2 Å². The van der Waals surface area contributed by atoms with Crippen molar-refractivity contribution >= 4 is 32.6 Å². The average Bonchev–Trinajstić information content (AvgIpc) is 3.30. The van der Waals surface area contributed by atoms with E-state index in [4.69, 9.17) is 13.9 Å². The van der Waals surface area contributed by atoms with Crippen molar-refractivity contribution in [3.63, 3.8) is 0 Å². The van der Waals surface area contributed by atoms with Gasteiger partial charge in [-0.25, -0.2) is 4.98 Å². The van der Waals surface area contributed by atoms with Crippen LogP contribution in [-0.2, 0) is 20.8 Å². The second kappa shape index (κ2) is 6.60. The fourth-order valence-corrected chi connectivity index (χ4v) is 3.63. The van der Waals surface area contributed by atoms with Crippen molar-refractivity contribution in [2.75, 3.05) is 18.1 Å². The number of hydrogen-bond acceptors (Lipinski definition) is 6. The fourth-order valence-electron chi connectivity index (χ4n) is 2.59. The summed E-state index contributed by atoms with van der Waals surface area (Å²) in [6, 6.07) is 9.61. The number of aryl methyl sites for hydroxylation is 1. The Morgan fingerprint density at radius 2 is 2.20 bits per heavy atom. The summed E-state index contributed by atoms with van der Waals surface area (Å²) in [7, 11) is 0. The number of benzene rings is 1. The number of furan rings is 1. The van der Waals surface area contributed by atoms with E-state index in [9.17, 15) is 4.79 Å². The highest BCUT2D eigenvalue weighted by Crippen LogP contribution is 2.32. The van der Waals surface area contributed by atoms with E-state index < -0.39 is 0 Å². The van der Waals surface area contributed by atoms with Crippen molar-refractivity contribution in [2.24, 2.45) is 0 Å². The second-order valence-electron chi connectivity index (χ2n) is 5.59. The molecule has 0 N–H and O–H groups in total. The smallest absolute Gasteiger partial charge is 0.298 e. The van der Waals surface area contributed by atoms with Crippen LogP contribution in [0.15, 0.2) is 53.0 Å². The topological polar surface area (TPSA) is 64.8 Å². The molecular weight excluding hydrogens is 340 g/mol. The lowest BCUT2D eigenvalue weighted by Gasteiger charge is -2.22. The Bertz CT molecular complexity index is 930. The van der Waals surface area contributed by atoms with Gasteiger partial charge in [0.2, 0.25) is 5.76 Å². The van der Waals surface area contributed by atoms with Gasteiger partial charge in [-0.15, -0.1) is 0 Å². The van der Waals surface area contributed by atoms with Crippen LogP contribution in [0.5, 0.6) is 0 Å². The molecule has 0 saturated heterocycles. The molecule has 0 atom stereocenters. The molecule has 0 radical (unpaired) electrons. The minimum atomic E-state index is -0.298. The maximum Gasteiger partial charge on any atom is 0.298 e. The molecule has 3 heterocycles. The molecule has 0 bridgehead atoms. The van der Waals surface area contributed by atoms with Gasteiger partial charge in [0.15, 0.2) is 5.13 Å². The highest BCUT2D eigenvalue weighted by Gasteiger charge is 2.27. The van der Waals surface area contributed by atoms with E-state index in [1.165, 1.54) is 17.6 Å². The van der Waals surface area contributed by atoms with Crippen LogP contribution in [0.1, 0.15) is 11.3 Å². The molecule has 0 spiro atoms. The van der Waals surface area contributed by atoms with Gasteiger partial charge in [0.05, 0.1) is 23.0 Å². The van der Waals surface area contributed by atoms with Gasteiger partial charge in [-0.2, -0.15) is 0 Å². The molecule has 3 aromatic rings. The zero-order valence-corrected chi connectivity index (χ0v) is 14.4. The Morgan fingerprint density at radius 3 is 2.92 bits per heavy atom. The summed E-state index contributed by atoms with van der Waals surface area (Å²) in [4.78, 5) is 19.2. The molecule has 1 amide bonds. The molecule has 0 fully saturated rings. The minimum Gasteiger partial charge on any atom is -0.494 e. The highest BCUT2D eigenvalue weighted by molar-refractivity contribution is 7.22. The number of anilines is 1. The quantitative estimate of drug-likeness (QED) is 0.714. The van der Waals surface area contributed by atoms with E-state index in [0.29, 0.717) is 24.1 Å². The zero-order valence-electron chi connectivity index (χ0n) is 13.6. The lowest BCUT2D eigenvalue weighted by molar-refractivity contribution is -0.120. The molecule has 2 aromatic heterocycles. The predicted octanol–water partition coefficient (Wildman–Crippen LogP) is 3.62. The SMILES string of the molecule is Cc1cccc2sc(N(Cc3ccco3)C(=O)C3=COCCO3)nc12. The van der Waals surface area contributed by atoms with E-state index in [0.717, 1.165) is 15.8 Å². The van der Waals surface area contributed by atoms with Crippen LogP contribution >= 0.6 is 11.3 Å². The first-order chi connectivity index (χ1) is 12.2. The highest BCUT2D eigenvalue weighted by atomic mass is 32.1. The van der Waals surface area contributed by atoms with Crippen LogP contribution in [-0.4, -0.2) is 24.1 Å². The van der Waals surface area contributed by atoms with Crippen molar-refractivity contribution in [3.05, 3.63) is 59.9 Å². The number of thiazole rings is 1. The van der Waals surface area contributed by atoms with Gasteiger partial charge in [0.1, 0.15) is 25.2 Å². The number of hydrogen-bond donors (Lipinski definition) is 0. The van der Waals surface area contributed by atoms with Crippen LogP contribution in [0.2, 0.25) is 0 Å². The average molecular weight is 356 g/mol. The van der Waals surface area contributed by atoms with Gasteiger partial charge in [-0.05, 0) is 30.7 Å². The lowest BCUT2D eigenvalue weighted by Crippen LogP contribution is -2.33. The van der Waals surface area contributed by atoms with Crippen molar-refractivity contribution in [3.8, 4) is 0 Å². The standard InChI is InChI=1S/C18H16N2O4S/c1-12-4-2-6-15-16(12)19-18(25-15)20(10-13-5-3-7-23-13)17(21)14-11-22-8-9-24-14/h2-7,11H,8-10H2,1H3. The third-order valence-corrected chi connectivity index (χ3v) is 4.88. The van der Waals surface area contributed by atoms with Crippen LogP contribution < -0.4 is 4.90 Å². The van der Waals surface area contributed by atoms with E-state index in [2.05, 4.69) is 4.98 Å². The van der Waals surface area contributed by atoms with E-state index in [1.807, 2.05) is 31.2 Å². The summed E-state index contributed by atoms with van der Waals surface area (Å²) >= 11 is 1.46. The molecular formula is C18H16N2O4S. The number of carbonyl (C=O) groups is 1. The van der Waals surface area contributed by atoms with Crippen molar-refractivity contribution in [1.82, 2.24) is 4.98 Å². The first kappa shape index (κ1) is 15.7. The predicted molar refractivity (Wildman–Crippen MR) is 94.2 cm³/mol. The molecule has 1 aromatic carbocycles. The van der Waals surface area contributed by atoms with E-state index in [1.54, 1.807) is 17.2 Å². The largest absolute Gasteiger partial charge is 0.494 e. The Balaban J connectivity index is 1.74. The molecule has 1 aliphatic rings. The number of amides is 1. The normalized spacial score (nSPS) is 13.9. The number of fused-ring (bicyclic) bond motifs is 1. The minimum absolute atomic E-state index is 0.175. The third-order valence-electron chi connectivity index (χ3n) is 3.84. The second-order valence-corrected chi connectivity index (χ2v) is 6.60. The summed E-state index contributed by atoms with van der Waals surface area (Å²) in [5.74, 6) is 0.545. The maximum atomic E-state index is 13.0. The van der Waals surface area contributed by atoms with Gasteiger partial charge in [-0.3, -0.25) is 9.69 Å². The summed E-state index contributed by atoms with van der Waals surface area (Å²) in [6.45, 7) is 3.07. The Morgan fingerprint density at radius 1 is 1.28 bits per heavy atom. The van der Waals surface area contributed by atoms with Gasteiger partial charge in [0, 0.05) is 0 Å². The number of rotatable bonds is 4. The monoisotopic (exact) mass is 356 g/mol. The molecule has 4 rings (SSSR count). The molecule has 0 unspecified atom stereocenters. The number of carbonyl (C=O) groups excluding carboxylic acids is 1. The van der Waals surface area contributed by atoms with Gasteiger partial charge in [0.25, 0.3) is 5.91 Å². The molecule has 7 heteroatoms. The summed E-state index contributed by atoms with van der Waals surface area (Å²) in [5.41, 5.74) is 1.97. The zero-order chi connectivity index (χ0) is 17.2. The molecule has 0 saturated carbocycles. The first-order valence-corrected chi connectivity index (χ1v) is 8.69. The van der Waals surface area contributed by atoms with Crippen molar-refractivity contribution in [1.29, 1.82) is 0 Å². The van der Waals surface area contributed by atoms with Crippen LogP contribution in [0.4, 0.5) is 5.13 Å². The fraction of sp³-hybridized carbons (Fsp3) is 0.222. The van der Waals surface area contributed by atoms with Gasteiger partial charge in [-0.1, -0.05) is 23.5 Å². The lowest BCUT2D eigenvalue weighted by atomic mass is 10.2.